The zero-order valence-electron chi connectivity index (χ0n) is 18.4. The molecule has 0 spiro atoms. The summed E-state index contributed by atoms with van der Waals surface area (Å²) in [6.45, 7) is 6.31. The van der Waals surface area contributed by atoms with Gasteiger partial charge in [-0.05, 0) is 64.1 Å². The third kappa shape index (κ3) is 9.78. The van der Waals surface area contributed by atoms with Gasteiger partial charge in [-0.1, -0.05) is 54.6 Å². The van der Waals surface area contributed by atoms with Crippen LogP contribution in [0.5, 0.6) is 0 Å². The Kier molecular flexibility index (Phi) is 10.4. The highest BCUT2D eigenvalue weighted by atomic mass is 16.5. The number of nitrogens with zero attached hydrogens (tertiary/aromatic N) is 1. The van der Waals surface area contributed by atoms with Gasteiger partial charge in [-0.25, -0.2) is 0 Å². The Hall–Kier alpha value is -2.68. The highest BCUT2D eigenvalue weighted by molar-refractivity contribution is 6.30. The molecule has 3 aromatic carbocycles. The minimum atomic E-state index is -2.17. The monoisotopic (exact) mass is 425 g/mol. The maximum Gasteiger partial charge on any atom is 0.631 e. The smallest absolute Gasteiger partial charge is 0.402 e. The molecule has 0 aromatic heterocycles. The van der Waals surface area contributed by atoms with Crippen molar-refractivity contribution in [3.63, 3.8) is 0 Å². The van der Waals surface area contributed by atoms with Gasteiger partial charge in [-0.3, -0.25) is 0 Å². The van der Waals surface area contributed by atoms with E-state index in [0.717, 1.165) is 0 Å². The van der Waals surface area contributed by atoms with Gasteiger partial charge in [0.25, 0.3) is 0 Å². The molecule has 3 rings (SSSR count). The van der Waals surface area contributed by atoms with E-state index in [-0.39, 0.29) is 0 Å². The highest BCUT2D eigenvalue weighted by Crippen LogP contribution is 2.33. The van der Waals surface area contributed by atoms with Crippen LogP contribution in [0.3, 0.4) is 0 Å². The summed E-state index contributed by atoms with van der Waals surface area (Å²) in [6, 6.07) is 31.3. The van der Waals surface area contributed by atoms with E-state index in [0.29, 0.717) is 0 Å². The first kappa shape index (κ1) is 26.4. The first-order chi connectivity index (χ1) is 14.4. The minimum Gasteiger partial charge on any atom is -0.402 e. The summed E-state index contributed by atoms with van der Waals surface area (Å²) >= 11 is 0. The van der Waals surface area contributed by atoms with Crippen molar-refractivity contribution >= 4 is 24.4 Å². The third-order valence-electron chi connectivity index (χ3n) is 4.54. The second-order valence-corrected chi connectivity index (χ2v) is 7.81. The van der Waals surface area contributed by atoms with Crippen LogP contribution in [-0.2, 0) is 0 Å². The first-order valence-corrected chi connectivity index (χ1v) is 9.87. The second kappa shape index (κ2) is 12.2. The van der Waals surface area contributed by atoms with E-state index in [1.54, 1.807) is 27.7 Å². The number of rotatable bonds is 4. The van der Waals surface area contributed by atoms with Crippen LogP contribution in [0, 0.1) is 0 Å². The van der Waals surface area contributed by atoms with Crippen LogP contribution in [0.2, 0.25) is 0 Å². The fourth-order valence-corrected chi connectivity index (χ4v) is 2.18. The molecule has 0 unspecified atom stereocenters. The molecule has 6 nitrogen and oxygen atoms in total. The van der Waals surface area contributed by atoms with Crippen molar-refractivity contribution in [2.45, 2.75) is 38.9 Å². The molecular weight excluding hydrogens is 393 g/mol. The Balaban J connectivity index is 0.000000336. The van der Waals surface area contributed by atoms with Crippen molar-refractivity contribution in [1.82, 2.24) is 0 Å². The van der Waals surface area contributed by atoms with Crippen molar-refractivity contribution < 1.29 is 25.3 Å². The second-order valence-electron chi connectivity index (χ2n) is 7.81. The molecule has 0 saturated heterocycles. The average molecular weight is 425 g/mol. The standard InChI is InChI=1S/C18H15N.C6H14O2.BH3O3/c1-4-10-16(11-5-1)19(17-12-6-2-7-13-17)18-14-8-3-9-15-18;1-5(2,7)6(3,4)8;2-1(3)4/h1-15H;7-8H,1-4H3;2-4H. The van der Waals surface area contributed by atoms with Crippen LogP contribution < -0.4 is 4.90 Å². The third-order valence-corrected chi connectivity index (χ3v) is 4.54. The molecule has 0 amide bonds. The quantitative estimate of drug-likeness (QED) is 0.409. The van der Waals surface area contributed by atoms with Gasteiger partial charge >= 0.3 is 7.32 Å². The van der Waals surface area contributed by atoms with Crippen LogP contribution in [-0.4, -0.2) is 43.8 Å². The summed E-state index contributed by atoms with van der Waals surface area (Å²) in [5, 5.41) is 39.7. The van der Waals surface area contributed by atoms with E-state index in [1.807, 2.05) is 18.2 Å². The summed E-state index contributed by atoms with van der Waals surface area (Å²) in [6.07, 6.45) is 0. The number of benzene rings is 3. The molecule has 5 N–H and O–H groups in total. The molecule has 0 heterocycles. The topological polar surface area (TPSA) is 104 Å². The molecule has 0 fully saturated rings. The Bertz CT molecular complexity index is 739. The molecule has 31 heavy (non-hydrogen) atoms. The predicted molar refractivity (Wildman–Crippen MR) is 126 cm³/mol. The predicted octanol–water partition coefficient (Wildman–Crippen LogP) is 3.63. The van der Waals surface area contributed by atoms with Crippen molar-refractivity contribution in [1.29, 1.82) is 0 Å². The lowest BCUT2D eigenvalue weighted by atomic mass is 9.90. The van der Waals surface area contributed by atoms with Gasteiger partial charge < -0.3 is 30.2 Å². The first-order valence-electron chi connectivity index (χ1n) is 9.87. The molecule has 7 heteroatoms. The van der Waals surface area contributed by atoms with Crippen molar-refractivity contribution in [3.8, 4) is 0 Å². The van der Waals surface area contributed by atoms with Crippen LogP contribution in [0.4, 0.5) is 17.1 Å². The SMILES string of the molecule is CC(C)(O)C(C)(C)O.OB(O)O.c1ccc(N(c2ccccc2)c2ccccc2)cc1. The molecule has 166 valence electrons. The average Bonchev–Trinajstić information content (AvgIpc) is 2.69. The number of anilines is 3. The number of hydrogen-bond donors (Lipinski definition) is 5. The van der Waals surface area contributed by atoms with Gasteiger partial charge in [0.2, 0.25) is 0 Å². The van der Waals surface area contributed by atoms with E-state index in [2.05, 4.69) is 77.7 Å². The fraction of sp³-hybridized carbons (Fsp3) is 0.250. The summed E-state index contributed by atoms with van der Waals surface area (Å²) < 4.78 is 0. The highest BCUT2D eigenvalue weighted by Gasteiger charge is 2.31. The maximum absolute atomic E-state index is 9.10. The van der Waals surface area contributed by atoms with Crippen LogP contribution in [0.25, 0.3) is 0 Å². The summed E-state index contributed by atoms with van der Waals surface area (Å²) in [5.74, 6) is 0. The Morgan fingerprint density at radius 1 is 0.516 bits per heavy atom. The van der Waals surface area contributed by atoms with Crippen LogP contribution in [0.1, 0.15) is 27.7 Å². The zero-order valence-corrected chi connectivity index (χ0v) is 18.4. The molecule has 0 saturated carbocycles. The lowest BCUT2D eigenvalue weighted by molar-refractivity contribution is -0.107. The largest absolute Gasteiger partial charge is 0.631 e. The van der Waals surface area contributed by atoms with Gasteiger partial charge in [-0.2, -0.15) is 0 Å². The number of hydrogen-bond acceptors (Lipinski definition) is 6. The van der Waals surface area contributed by atoms with Crippen molar-refractivity contribution in [3.05, 3.63) is 91.0 Å². The number of para-hydroxylation sites is 3. The summed E-state index contributed by atoms with van der Waals surface area (Å²) in [4.78, 5) is 2.25. The van der Waals surface area contributed by atoms with Crippen molar-refractivity contribution in [2.75, 3.05) is 4.90 Å². The zero-order chi connectivity index (χ0) is 23.5. The Labute approximate surface area is 184 Å². The lowest BCUT2D eigenvalue weighted by Crippen LogP contribution is -2.44. The maximum atomic E-state index is 9.10. The number of aliphatic hydroxyl groups is 2. The van der Waals surface area contributed by atoms with Crippen LogP contribution in [0.15, 0.2) is 91.0 Å². The normalized spacial score (nSPS) is 10.7. The molecule has 0 radical (unpaired) electrons. The van der Waals surface area contributed by atoms with Gasteiger partial charge in [0.15, 0.2) is 0 Å². The summed E-state index contributed by atoms with van der Waals surface area (Å²) in [5.41, 5.74) is 1.49. The minimum absolute atomic E-state index is 1.01. The molecule has 0 aliphatic rings. The van der Waals surface area contributed by atoms with E-state index >= 15 is 0 Å². The lowest BCUT2D eigenvalue weighted by Gasteiger charge is -2.31. The van der Waals surface area contributed by atoms with Gasteiger partial charge in [0.05, 0.1) is 11.2 Å². The van der Waals surface area contributed by atoms with E-state index in [9.17, 15) is 0 Å². The molecular formula is C24H32BNO5. The Morgan fingerprint density at radius 2 is 0.710 bits per heavy atom. The van der Waals surface area contributed by atoms with Crippen LogP contribution >= 0.6 is 0 Å². The molecule has 0 bridgehead atoms. The van der Waals surface area contributed by atoms with E-state index < -0.39 is 18.5 Å². The molecule has 3 aromatic rings. The van der Waals surface area contributed by atoms with Gasteiger partial charge in [0.1, 0.15) is 0 Å². The van der Waals surface area contributed by atoms with E-state index in [1.165, 1.54) is 17.1 Å². The van der Waals surface area contributed by atoms with Gasteiger partial charge in [0, 0.05) is 17.1 Å². The Morgan fingerprint density at radius 3 is 0.871 bits per heavy atom. The molecule has 0 atom stereocenters. The van der Waals surface area contributed by atoms with Gasteiger partial charge in [-0.15, -0.1) is 0 Å². The summed E-state index contributed by atoms with van der Waals surface area (Å²) in [7, 11) is -2.17. The fourth-order valence-electron chi connectivity index (χ4n) is 2.18. The molecule has 0 aliphatic carbocycles. The molecule has 0 aliphatic heterocycles. The van der Waals surface area contributed by atoms with E-state index in [4.69, 9.17) is 25.3 Å². The van der Waals surface area contributed by atoms with Crippen molar-refractivity contribution in [2.24, 2.45) is 0 Å².